The van der Waals surface area contributed by atoms with E-state index in [0.717, 1.165) is 31.6 Å². The highest BCUT2D eigenvalue weighted by molar-refractivity contribution is 7.99. The van der Waals surface area contributed by atoms with Gasteiger partial charge in [-0.25, -0.2) is 4.98 Å². The maximum absolute atomic E-state index is 10.3. The summed E-state index contributed by atoms with van der Waals surface area (Å²) < 4.78 is 0. The Labute approximate surface area is 139 Å². The van der Waals surface area contributed by atoms with Crippen molar-refractivity contribution in [1.29, 1.82) is 0 Å². The second-order valence-electron chi connectivity index (χ2n) is 5.52. The van der Waals surface area contributed by atoms with Crippen molar-refractivity contribution in [2.75, 3.05) is 18.0 Å². The summed E-state index contributed by atoms with van der Waals surface area (Å²) in [5.41, 5.74) is 1.20. The molecule has 1 aromatic heterocycles. The third-order valence-electron chi connectivity index (χ3n) is 3.85. The van der Waals surface area contributed by atoms with E-state index in [2.05, 4.69) is 40.2 Å². The van der Waals surface area contributed by atoms with Gasteiger partial charge >= 0.3 is 0 Å². The Bertz CT molecular complexity index is 648. The van der Waals surface area contributed by atoms with E-state index in [-0.39, 0.29) is 11.5 Å². The zero-order valence-corrected chi connectivity index (χ0v) is 13.7. The van der Waals surface area contributed by atoms with E-state index >= 15 is 0 Å². The topological polar surface area (TPSA) is 59.3 Å². The summed E-state index contributed by atoms with van der Waals surface area (Å²) in [6, 6.07) is 12.5. The number of hydrogen-bond donors (Lipinski definition) is 0. The minimum absolute atomic E-state index is 0.0770. The number of pyridine rings is 1. The van der Waals surface area contributed by atoms with E-state index in [0.29, 0.717) is 6.42 Å². The second-order valence-corrected chi connectivity index (χ2v) is 6.60. The number of fused-ring (bicyclic) bond motifs is 2. The Morgan fingerprint density at radius 2 is 1.83 bits per heavy atom. The van der Waals surface area contributed by atoms with Gasteiger partial charge in [-0.15, -0.1) is 0 Å². The Morgan fingerprint density at radius 3 is 2.70 bits per heavy atom. The van der Waals surface area contributed by atoms with E-state index < -0.39 is 0 Å². The molecule has 0 radical (unpaired) electrons. The molecule has 1 aromatic carbocycles. The van der Waals surface area contributed by atoms with E-state index in [1.807, 2.05) is 12.3 Å². The van der Waals surface area contributed by atoms with Gasteiger partial charge in [0.05, 0.1) is 10.6 Å². The molecule has 0 spiro atoms. The minimum atomic E-state index is -0.238. The Morgan fingerprint density at radius 1 is 1.04 bits per heavy atom. The molecule has 0 saturated heterocycles. The summed E-state index contributed by atoms with van der Waals surface area (Å²) in [4.78, 5) is 19.4. The van der Waals surface area contributed by atoms with Gasteiger partial charge in [0.2, 0.25) is 6.54 Å². The molecular formula is C17H19N3O2S. The largest absolute Gasteiger partial charge is 0.324 e. The lowest BCUT2D eigenvalue weighted by molar-refractivity contribution is -0.480. The molecule has 1 aliphatic rings. The standard InChI is InChI=1S/C17H19N3O2S/c21-20(22)13-6-2-1-5-12-19-14-8-3-4-9-15(14)23-16-10-7-11-18-17(16)19/h3-4,7-11H,1-2,5-6,12-13H2. The van der Waals surface area contributed by atoms with Crippen molar-refractivity contribution in [2.24, 2.45) is 0 Å². The molecule has 0 saturated carbocycles. The highest BCUT2D eigenvalue weighted by Crippen LogP contribution is 2.46. The second kappa shape index (κ2) is 7.46. The fourth-order valence-electron chi connectivity index (χ4n) is 2.75. The highest BCUT2D eigenvalue weighted by Gasteiger charge is 2.23. The summed E-state index contributed by atoms with van der Waals surface area (Å²) in [5.74, 6) is 1.02. The number of hydrogen-bond acceptors (Lipinski definition) is 5. The lowest BCUT2D eigenvalue weighted by atomic mass is 10.1. The molecule has 3 rings (SSSR count). The van der Waals surface area contributed by atoms with Crippen LogP contribution in [0.1, 0.15) is 25.7 Å². The number of benzene rings is 1. The number of aromatic nitrogens is 1. The number of rotatable bonds is 7. The van der Waals surface area contributed by atoms with Crippen molar-refractivity contribution >= 4 is 23.3 Å². The van der Waals surface area contributed by atoms with Gasteiger partial charge in [0.1, 0.15) is 5.82 Å². The molecule has 0 N–H and O–H groups in total. The average molecular weight is 329 g/mol. The Hall–Kier alpha value is -2.08. The van der Waals surface area contributed by atoms with Crippen molar-refractivity contribution in [3.8, 4) is 0 Å². The summed E-state index contributed by atoms with van der Waals surface area (Å²) in [6.45, 7) is 0.966. The van der Waals surface area contributed by atoms with E-state index in [1.54, 1.807) is 11.8 Å². The van der Waals surface area contributed by atoms with Gasteiger partial charge in [-0.2, -0.15) is 0 Å². The first-order valence-electron chi connectivity index (χ1n) is 7.87. The van der Waals surface area contributed by atoms with Gasteiger partial charge in [-0.05, 0) is 37.1 Å². The average Bonchev–Trinajstić information content (AvgIpc) is 2.56. The van der Waals surface area contributed by atoms with E-state index in [1.165, 1.54) is 15.5 Å². The molecular weight excluding hydrogens is 310 g/mol. The lowest BCUT2D eigenvalue weighted by Crippen LogP contribution is -2.23. The maximum atomic E-state index is 10.3. The first-order valence-corrected chi connectivity index (χ1v) is 8.68. The first kappa shape index (κ1) is 15.8. The van der Waals surface area contributed by atoms with Crippen LogP contribution in [-0.2, 0) is 0 Å². The van der Waals surface area contributed by atoms with Crippen LogP contribution in [0.15, 0.2) is 52.4 Å². The molecule has 0 aliphatic carbocycles. The van der Waals surface area contributed by atoms with Gasteiger partial charge in [0, 0.05) is 29.0 Å². The van der Waals surface area contributed by atoms with Crippen molar-refractivity contribution in [3.05, 3.63) is 52.7 Å². The molecule has 6 heteroatoms. The van der Waals surface area contributed by atoms with Crippen LogP contribution in [0.3, 0.4) is 0 Å². The quantitative estimate of drug-likeness (QED) is 0.424. The van der Waals surface area contributed by atoms with Gasteiger partial charge in [0.15, 0.2) is 0 Å². The van der Waals surface area contributed by atoms with Crippen LogP contribution in [0.5, 0.6) is 0 Å². The maximum Gasteiger partial charge on any atom is 0.203 e. The van der Waals surface area contributed by atoms with Crippen LogP contribution in [0.25, 0.3) is 0 Å². The molecule has 5 nitrogen and oxygen atoms in total. The first-order chi connectivity index (χ1) is 11.3. The van der Waals surface area contributed by atoms with Crippen LogP contribution in [0.2, 0.25) is 0 Å². The van der Waals surface area contributed by atoms with Crippen LogP contribution >= 0.6 is 11.8 Å². The number of anilines is 2. The van der Waals surface area contributed by atoms with Gasteiger partial charge in [0.25, 0.3) is 0 Å². The van der Waals surface area contributed by atoms with Crippen molar-refractivity contribution in [3.63, 3.8) is 0 Å². The molecule has 0 unspecified atom stereocenters. The predicted molar refractivity (Wildman–Crippen MR) is 92.1 cm³/mol. The third kappa shape index (κ3) is 3.82. The number of nitrogens with zero attached hydrogens (tertiary/aromatic N) is 3. The zero-order chi connectivity index (χ0) is 16.1. The molecule has 120 valence electrons. The van der Waals surface area contributed by atoms with Crippen LogP contribution in [-0.4, -0.2) is 23.0 Å². The highest BCUT2D eigenvalue weighted by atomic mass is 32.2. The summed E-state index contributed by atoms with van der Waals surface area (Å²) in [7, 11) is 0. The zero-order valence-electron chi connectivity index (χ0n) is 12.9. The molecule has 23 heavy (non-hydrogen) atoms. The minimum Gasteiger partial charge on any atom is -0.324 e. The van der Waals surface area contributed by atoms with Crippen molar-refractivity contribution in [1.82, 2.24) is 4.98 Å². The van der Waals surface area contributed by atoms with Gasteiger partial charge < -0.3 is 4.90 Å². The molecule has 0 fully saturated rings. The van der Waals surface area contributed by atoms with Crippen LogP contribution in [0, 0.1) is 10.1 Å². The number of para-hydroxylation sites is 1. The van der Waals surface area contributed by atoms with Crippen molar-refractivity contribution < 1.29 is 4.92 Å². The van der Waals surface area contributed by atoms with E-state index in [9.17, 15) is 10.1 Å². The normalized spacial score (nSPS) is 12.6. The predicted octanol–water partition coefficient (Wildman–Crippen LogP) is 4.52. The fraction of sp³-hybridized carbons (Fsp3) is 0.353. The Kier molecular flexibility index (Phi) is 5.12. The lowest BCUT2D eigenvalue weighted by Gasteiger charge is -2.31. The van der Waals surface area contributed by atoms with Crippen molar-refractivity contribution in [2.45, 2.75) is 35.5 Å². The number of unbranched alkanes of at least 4 members (excludes halogenated alkanes) is 3. The Balaban J connectivity index is 1.65. The van der Waals surface area contributed by atoms with Gasteiger partial charge in [-0.1, -0.05) is 30.3 Å². The molecule has 0 atom stereocenters. The smallest absolute Gasteiger partial charge is 0.203 e. The van der Waals surface area contributed by atoms with Crippen LogP contribution in [0.4, 0.5) is 11.5 Å². The molecule has 1 aliphatic heterocycles. The molecule has 2 heterocycles. The summed E-state index contributed by atoms with van der Waals surface area (Å²) in [5, 5.41) is 10.3. The van der Waals surface area contributed by atoms with Crippen LogP contribution < -0.4 is 4.90 Å². The monoisotopic (exact) mass is 329 g/mol. The third-order valence-corrected chi connectivity index (χ3v) is 4.96. The SMILES string of the molecule is O=[N+]([O-])CCCCCCN1c2ccccc2Sc2cccnc21. The number of nitro groups is 1. The van der Waals surface area contributed by atoms with Gasteiger partial charge in [-0.3, -0.25) is 10.1 Å². The van der Waals surface area contributed by atoms with E-state index in [4.69, 9.17) is 0 Å². The summed E-state index contributed by atoms with van der Waals surface area (Å²) in [6.07, 6.45) is 5.40. The molecule has 0 bridgehead atoms. The molecule has 0 amide bonds. The summed E-state index contributed by atoms with van der Waals surface area (Å²) >= 11 is 1.76. The molecule has 2 aromatic rings. The fourth-order valence-corrected chi connectivity index (χ4v) is 3.82.